The number of benzene rings is 7. The first-order chi connectivity index (χ1) is 25.7. The van der Waals surface area contributed by atoms with Crippen molar-refractivity contribution in [2.75, 3.05) is 0 Å². The first-order valence-electron chi connectivity index (χ1n) is 16.2. The molecule has 0 fully saturated rings. The van der Waals surface area contributed by atoms with E-state index in [0.29, 0.717) is 0 Å². The summed E-state index contributed by atoms with van der Waals surface area (Å²) in [6.07, 6.45) is 0. The van der Waals surface area contributed by atoms with E-state index in [4.69, 9.17) is 4.65 Å². The second kappa shape index (κ2) is 27.0. The van der Waals surface area contributed by atoms with Crippen LogP contribution in [0, 0.1) is 18.5 Å². The van der Waals surface area contributed by atoms with Gasteiger partial charge < -0.3 is 0 Å². The van der Waals surface area contributed by atoms with E-state index in [1.807, 2.05) is 37.3 Å². The standard InChI is InChI=1S/2C18H15P.C9H8.CO.2BrH.W/c2*1-4-10-16(11-5-1)19(17-12-6-2-7-13-17)18-14-8-3-9-15-18;1-2-6-9-7-4-3-5-8-9;1-2;;;/h2*1-15H;3-5,7-8H,1H3;;2*1H;/q;;;;;;+2/p-2. The van der Waals surface area contributed by atoms with Gasteiger partial charge >= 0.3 is 52.3 Å². The molecule has 0 amide bonds. The molecule has 0 atom stereocenters. The average Bonchev–Trinajstić information content (AvgIpc) is 3.23. The number of hydrogen-bond donors (Lipinski definition) is 0. The number of halogens is 2. The monoisotopic (exact) mass is 1010 g/mol. The third-order valence-electron chi connectivity index (χ3n) is 7.13. The normalized spacial score (nSPS) is 9.44. The largest absolute Gasteiger partial charge is 0.0622 e. The maximum atomic E-state index is 7.50. The molecule has 0 N–H and O–H groups in total. The van der Waals surface area contributed by atoms with Gasteiger partial charge in [0.1, 0.15) is 0 Å². The van der Waals surface area contributed by atoms with Gasteiger partial charge in [0.2, 0.25) is 0 Å². The maximum Gasteiger partial charge on any atom is -0.0134 e. The van der Waals surface area contributed by atoms with Gasteiger partial charge in [0.05, 0.1) is 0 Å². The van der Waals surface area contributed by atoms with Crippen LogP contribution >= 0.6 is 42.4 Å². The zero-order valence-electron chi connectivity index (χ0n) is 28.7. The average molecular weight is 1010 g/mol. The summed E-state index contributed by atoms with van der Waals surface area (Å²) < 4.78 is 7.50. The summed E-state index contributed by atoms with van der Waals surface area (Å²) in [7, 11) is -0.892. The summed E-state index contributed by atoms with van der Waals surface area (Å²) in [4.78, 5) is 0. The van der Waals surface area contributed by atoms with Crippen molar-refractivity contribution in [3.63, 3.8) is 0 Å². The summed E-state index contributed by atoms with van der Waals surface area (Å²) in [6.45, 7) is 6.34. The van der Waals surface area contributed by atoms with E-state index in [1.54, 1.807) is 0 Å². The molecule has 0 saturated heterocycles. The summed E-state index contributed by atoms with van der Waals surface area (Å²) in [5.74, 6) is 5.79. The van der Waals surface area contributed by atoms with Gasteiger partial charge in [0, 0.05) is 5.56 Å². The number of hydrogen-bond acceptors (Lipinski definition) is 0. The predicted octanol–water partition coefficient (Wildman–Crippen LogP) is 10.6. The molecular formula is C46H38Br2OP2W. The fourth-order valence-corrected chi connectivity index (χ4v) is 9.63. The molecule has 0 aliphatic rings. The second-order valence-corrected chi connectivity index (χ2v) is 27.8. The Bertz CT molecular complexity index is 1690. The molecule has 0 aromatic heterocycles. The van der Waals surface area contributed by atoms with Crippen molar-refractivity contribution in [3.05, 3.63) is 225 Å². The molecule has 0 unspecified atom stereocenters. The fraction of sp³-hybridized carbons (Fsp3) is 0.0217. The molecule has 6 heteroatoms. The molecule has 0 bridgehead atoms. The molecule has 258 valence electrons. The molecule has 0 saturated carbocycles. The van der Waals surface area contributed by atoms with Gasteiger partial charge in [0.15, 0.2) is 0 Å². The Hall–Kier alpha value is -3.65. The van der Waals surface area contributed by atoms with E-state index in [-0.39, 0.29) is 14.5 Å². The van der Waals surface area contributed by atoms with Gasteiger partial charge in [-0.05, 0) is 66.7 Å². The molecule has 0 aliphatic heterocycles. The number of rotatable bonds is 6. The summed E-state index contributed by atoms with van der Waals surface area (Å²) in [5, 5.41) is 8.39. The Morgan fingerprint density at radius 2 is 0.558 bits per heavy atom. The zero-order valence-corrected chi connectivity index (χ0v) is 36.6. The van der Waals surface area contributed by atoms with E-state index >= 15 is 0 Å². The Morgan fingerprint density at radius 3 is 0.731 bits per heavy atom. The van der Waals surface area contributed by atoms with Crippen LogP contribution in [0.3, 0.4) is 0 Å². The van der Waals surface area contributed by atoms with Crippen LogP contribution in [0.2, 0.25) is 0 Å². The molecule has 7 rings (SSSR count). The van der Waals surface area contributed by atoms with Crippen LogP contribution in [-0.4, -0.2) is 0 Å². The minimum absolute atomic E-state index is 0.125. The van der Waals surface area contributed by atoms with Crippen molar-refractivity contribution >= 4 is 74.3 Å². The quantitative estimate of drug-likeness (QED) is 0.0685. The van der Waals surface area contributed by atoms with Crippen LogP contribution < -0.4 is 31.8 Å². The smallest absolute Gasteiger partial charge is 0.0134 e. The van der Waals surface area contributed by atoms with Gasteiger partial charge in [-0.25, -0.2) is 0 Å². The molecule has 0 radical (unpaired) electrons. The van der Waals surface area contributed by atoms with Crippen molar-refractivity contribution in [2.24, 2.45) is 0 Å². The first-order valence-corrected chi connectivity index (χ1v) is 31.7. The third-order valence-corrected chi connectivity index (χ3v) is 12.0. The van der Waals surface area contributed by atoms with E-state index in [9.17, 15) is 0 Å². The van der Waals surface area contributed by atoms with Crippen molar-refractivity contribution < 1.29 is 19.1 Å². The van der Waals surface area contributed by atoms with Gasteiger partial charge in [0.25, 0.3) is 0 Å². The zero-order chi connectivity index (χ0) is 37.1. The van der Waals surface area contributed by atoms with Crippen LogP contribution in [0.5, 0.6) is 0 Å². The Kier molecular flexibility index (Phi) is 22.2. The van der Waals surface area contributed by atoms with Crippen LogP contribution in [0.15, 0.2) is 212 Å². The summed E-state index contributed by atoms with van der Waals surface area (Å²) in [5.41, 5.74) is 1.08. The molecule has 1 nitrogen and oxygen atoms in total. The predicted molar refractivity (Wildman–Crippen MR) is 231 cm³/mol. The maximum absolute atomic E-state index is 7.50. The van der Waals surface area contributed by atoms with Gasteiger partial charge in [-0.2, -0.15) is 0 Å². The van der Waals surface area contributed by atoms with Gasteiger partial charge in [-0.1, -0.05) is 206 Å². The summed E-state index contributed by atoms with van der Waals surface area (Å²) in [6, 6.07) is 74.6. The van der Waals surface area contributed by atoms with E-state index in [0.717, 1.165) is 5.56 Å². The van der Waals surface area contributed by atoms with E-state index in [1.165, 1.54) is 31.8 Å². The minimum atomic E-state index is -0.446. The molecule has 0 aliphatic carbocycles. The molecular weight excluding hydrogens is 974 g/mol. The van der Waals surface area contributed by atoms with Crippen LogP contribution in [0.4, 0.5) is 0 Å². The second-order valence-electron chi connectivity index (χ2n) is 10.5. The summed E-state index contributed by atoms with van der Waals surface area (Å²) >= 11 is 6.33. The van der Waals surface area contributed by atoms with Crippen LogP contribution in [0.1, 0.15) is 12.5 Å². The molecule has 7 aromatic rings. The molecule has 52 heavy (non-hydrogen) atoms. The topological polar surface area (TPSA) is 19.9 Å². The fourth-order valence-electron chi connectivity index (χ4n) is 5.02. The Morgan fingerprint density at radius 1 is 0.385 bits per heavy atom. The Balaban J connectivity index is 0.000000208. The molecule has 0 spiro atoms. The first kappa shape index (κ1) is 42.8. The van der Waals surface area contributed by atoms with Crippen molar-refractivity contribution in [1.29, 1.82) is 0 Å². The Labute approximate surface area is 334 Å². The van der Waals surface area contributed by atoms with Crippen molar-refractivity contribution in [1.82, 2.24) is 0 Å². The van der Waals surface area contributed by atoms with E-state index in [2.05, 4.69) is 227 Å². The van der Waals surface area contributed by atoms with Gasteiger partial charge in [-0.3, -0.25) is 0 Å². The van der Waals surface area contributed by atoms with Crippen molar-refractivity contribution in [2.45, 2.75) is 6.92 Å². The molecule has 0 heterocycles. The minimum Gasteiger partial charge on any atom is -0.0622 e. The van der Waals surface area contributed by atoms with Crippen LogP contribution in [-0.2, 0) is 19.1 Å². The van der Waals surface area contributed by atoms with Crippen LogP contribution in [0.25, 0.3) is 0 Å². The third kappa shape index (κ3) is 15.1. The molecule has 7 aromatic carbocycles. The van der Waals surface area contributed by atoms with E-state index < -0.39 is 15.8 Å². The SMILES string of the molecule is CC#Cc1ccccc1.[Br][W][Br].[C-]#[O+].c1ccc(P(c2ccccc2)c2ccccc2)cc1.c1ccc(P(c2ccccc2)c2ccccc2)cc1. The van der Waals surface area contributed by atoms with Gasteiger partial charge in [-0.15, -0.1) is 5.92 Å². The van der Waals surface area contributed by atoms with Crippen molar-refractivity contribution in [3.8, 4) is 11.8 Å².